The summed E-state index contributed by atoms with van der Waals surface area (Å²) in [6, 6.07) is 5.79. The van der Waals surface area contributed by atoms with Crippen LogP contribution < -0.4 is 10.2 Å². The largest absolute Gasteiger partial charge is 0.353 e. The minimum Gasteiger partial charge on any atom is -0.351 e. The molecule has 1 heterocycles. The van der Waals surface area contributed by atoms with E-state index in [4.69, 9.17) is 0 Å². The van der Waals surface area contributed by atoms with Crippen molar-refractivity contribution in [2.24, 2.45) is 0 Å². The van der Waals surface area contributed by atoms with Gasteiger partial charge in [-0.05, 0) is 51.0 Å². The number of hydrogen-bond donors (Lipinski definition) is 1. The predicted molar refractivity (Wildman–Crippen MR) is 91.4 cm³/mol. The van der Waals surface area contributed by atoms with Crippen LogP contribution in [0.25, 0.3) is 0 Å². The van der Waals surface area contributed by atoms with Crippen LogP contribution in [0, 0.1) is 24.0 Å². The highest BCUT2D eigenvalue weighted by atomic mass is 16.6. The molecule has 0 bridgehead atoms. The zero-order valence-electron chi connectivity index (χ0n) is 13.8. The number of aromatic nitrogens is 2. The lowest BCUT2D eigenvalue weighted by atomic mass is 10.1. The first-order chi connectivity index (χ1) is 11.0. The Morgan fingerprint density at radius 2 is 1.87 bits per heavy atom. The Labute approximate surface area is 135 Å². The Morgan fingerprint density at radius 3 is 2.43 bits per heavy atom. The summed E-state index contributed by atoms with van der Waals surface area (Å²) in [5.74, 6) is 0.538. The second-order valence-corrected chi connectivity index (χ2v) is 5.25. The third-order valence-electron chi connectivity index (χ3n) is 3.82. The first-order valence-corrected chi connectivity index (χ1v) is 7.56. The van der Waals surface area contributed by atoms with E-state index >= 15 is 0 Å². The summed E-state index contributed by atoms with van der Waals surface area (Å²) in [4.78, 5) is 21.1. The Bertz CT molecular complexity index is 714. The summed E-state index contributed by atoms with van der Waals surface area (Å²) < 4.78 is 0. The number of aryl methyl sites for hydroxylation is 2. The van der Waals surface area contributed by atoms with Crippen molar-refractivity contribution < 1.29 is 4.92 Å². The van der Waals surface area contributed by atoms with E-state index in [-0.39, 0.29) is 11.5 Å². The second-order valence-electron chi connectivity index (χ2n) is 5.25. The Hall–Kier alpha value is -2.70. The molecular weight excluding hydrogens is 294 g/mol. The molecule has 0 saturated carbocycles. The molecular formula is C16H21N5O2. The van der Waals surface area contributed by atoms with Crippen LogP contribution in [0.4, 0.5) is 23.0 Å². The summed E-state index contributed by atoms with van der Waals surface area (Å²) in [5, 5.41) is 14.6. The lowest BCUT2D eigenvalue weighted by Gasteiger charge is -2.20. The van der Waals surface area contributed by atoms with E-state index in [1.807, 2.05) is 50.8 Å². The molecule has 0 radical (unpaired) electrons. The van der Waals surface area contributed by atoms with Gasteiger partial charge in [0, 0.05) is 18.8 Å². The van der Waals surface area contributed by atoms with Gasteiger partial charge in [0.15, 0.2) is 0 Å². The summed E-state index contributed by atoms with van der Waals surface area (Å²) in [5.41, 5.74) is 2.93. The van der Waals surface area contributed by atoms with Crippen LogP contribution in [0.1, 0.15) is 25.0 Å². The molecule has 7 heteroatoms. The van der Waals surface area contributed by atoms with Crippen LogP contribution >= 0.6 is 0 Å². The zero-order chi connectivity index (χ0) is 17.0. The molecule has 23 heavy (non-hydrogen) atoms. The van der Waals surface area contributed by atoms with Gasteiger partial charge in [-0.25, -0.2) is 9.97 Å². The minimum absolute atomic E-state index is 0.102. The molecule has 0 fully saturated rings. The Kier molecular flexibility index (Phi) is 5.10. The number of nitrogens with zero attached hydrogens (tertiary/aromatic N) is 4. The maximum atomic E-state index is 11.5. The second kappa shape index (κ2) is 7.04. The molecule has 2 rings (SSSR count). The van der Waals surface area contributed by atoms with Crippen molar-refractivity contribution in [2.45, 2.75) is 27.7 Å². The molecule has 0 aliphatic carbocycles. The zero-order valence-corrected chi connectivity index (χ0v) is 13.8. The highest BCUT2D eigenvalue weighted by Crippen LogP contribution is 2.33. The first-order valence-electron chi connectivity index (χ1n) is 7.56. The number of hydrogen-bond acceptors (Lipinski definition) is 6. The quantitative estimate of drug-likeness (QED) is 0.648. The lowest BCUT2D eigenvalue weighted by molar-refractivity contribution is -0.383. The maximum Gasteiger partial charge on any atom is 0.353 e. The average Bonchev–Trinajstić information content (AvgIpc) is 2.52. The van der Waals surface area contributed by atoms with E-state index in [0.29, 0.717) is 18.9 Å². The van der Waals surface area contributed by atoms with Crippen molar-refractivity contribution in [1.29, 1.82) is 0 Å². The van der Waals surface area contributed by atoms with Gasteiger partial charge in [0.25, 0.3) is 0 Å². The van der Waals surface area contributed by atoms with Gasteiger partial charge in [-0.2, -0.15) is 0 Å². The van der Waals surface area contributed by atoms with Gasteiger partial charge in [-0.3, -0.25) is 10.1 Å². The van der Waals surface area contributed by atoms with Gasteiger partial charge in [0.1, 0.15) is 6.33 Å². The average molecular weight is 315 g/mol. The molecule has 0 amide bonds. The molecule has 0 aliphatic heterocycles. The van der Waals surface area contributed by atoms with Crippen molar-refractivity contribution >= 4 is 23.0 Å². The van der Waals surface area contributed by atoms with Crippen molar-refractivity contribution in [1.82, 2.24) is 9.97 Å². The number of anilines is 3. The predicted octanol–water partition coefficient (Wildman–Crippen LogP) is 3.59. The fourth-order valence-electron chi connectivity index (χ4n) is 2.34. The van der Waals surface area contributed by atoms with Crippen molar-refractivity contribution in [2.75, 3.05) is 23.3 Å². The first kappa shape index (κ1) is 16.7. The molecule has 0 spiro atoms. The molecule has 7 nitrogen and oxygen atoms in total. The molecule has 1 aromatic carbocycles. The Morgan fingerprint density at radius 1 is 1.17 bits per heavy atom. The fourth-order valence-corrected chi connectivity index (χ4v) is 2.34. The lowest BCUT2D eigenvalue weighted by Crippen LogP contribution is -2.24. The van der Waals surface area contributed by atoms with E-state index in [1.165, 1.54) is 6.33 Å². The van der Waals surface area contributed by atoms with Gasteiger partial charge >= 0.3 is 5.69 Å². The maximum absolute atomic E-state index is 11.5. The van der Waals surface area contributed by atoms with Gasteiger partial charge < -0.3 is 10.2 Å². The van der Waals surface area contributed by atoms with Crippen LogP contribution in [0.15, 0.2) is 24.5 Å². The number of nitrogens with one attached hydrogen (secondary N) is 1. The van der Waals surface area contributed by atoms with E-state index in [1.54, 1.807) is 0 Å². The van der Waals surface area contributed by atoms with E-state index in [9.17, 15) is 10.1 Å². The molecule has 0 saturated heterocycles. The summed E-state index contributed by atoms with van der Waals surface area (Å²) >= 11 is 0. The highest BCUT2D eigenvalue weighted by molar-refractivity contribution is 5.74. The number of rotatable bonds is 6. The van der Waals surface area contributed by atoms with Crippen LogP contribution in [0.5, 0.6) is 0 Å². The summed E-state index contributed by atoms with van der Waals surface area (Å²) in [6.07, 6.45) is 1.35. The third kappa shape index (κ3) is 3.56. The van der Waals surface area contributed by atoms with Crippen LogP contribution in [0.3, 0.4) is 0 Å². The van der Waals surface area contributed by atoms with E-state index < -0.39 is 4.92 Å². The van der Waals surface area contributed by atoms with Crippen molar-refractivity contribution in [3.8, 4) is 0 Å². The Balaban J connectivity index is 2.47. The van der Waals surface area contributed by atoms with Crippen LogP contribution in [-0.4, -0.2) is 28.0 Å². The fraction of sp³-hybridized carbons (Fsp3) is 0.375. The monoisotopic (exact) mass is 315 g/mol. The number of benzene rings is 1. The van der Waals surface area contributed by atoms with Gasteiger partial charge in [0.2, 0.25) is 11.6 Å². The molecule has 1 N–H and O–H groups in total. The highest BCUT2D eigenvalue weighted by Gasteiger charge is 2.26. The third-order valence-corrected chi connectivity index (χ3v) is 3.82. The van der Waals surface area contributed by atoms with E-state index in [0.717, 1.165) is 16.8 Å². The minimum atomic E-state index is -0.433. The van der Waals surface area contributed by atoms with Crippen molar-refractivity contribution in [3.05, 3.63) is 45.8 Å². The molecule has 122 valence electrons. The standard InChI is InChI=1S/C16H21N5O2/c1-5-20(6-2)16-14(21(22)23)15(17-10-18-16)19-13-8-7-11(3)12(4)9-13/h7-10H,5-6H2,1-4H3,(H,17,18,19). The van der Waals surface area contributed by atoms with Crippen molar-refractivity contribution in [3.63, 3.8) is 0 Å². The molecule has 0 aliphatic rings. The van der Waals surface area contributed by atoms with Crippen LogP contribution in [0.2, 0.25) is 0 Å². The van der Waals surface area contributed by atoms with Gasteiger partial charge in [0.05, 0.1) is 4.92 Å². The van der Waals surface area contributed by atoms with Gasteiger partial charge in [-0.1, -0.05) is 6.07 Å². The molecule has 1 aromatic heterocycles. The molecule has 2 aromatic rings. The number of nitro groups is 1. The SMILES string of the molecule is CCN(CC)c1ncnc(Nc2ccc(C)c(C)c2)c1[N+](=O)[O-]. The topological polar surface area (TPSA) is 84.2 Å². The van der Waals surface area contributed by atoms with E-state index in [2.05, 4.69) is 15.3 Å². The van der Waals surface area contributed by atoms with Crippen LogP contribution in [-0.2, 0) is 0 Å². The molecule has 0 unspecified atom stereocenters. The summed E-state index contributed by atoms with van der Waals surface area (Å²) in [7, 11) is 0. The smallest absolute Gasteiger partial charge is 0.351 e. The molecule has 0 atom stereocenters. The summed E-state index contributed by atoms with van der Waals surface area (Å²) in [6.45, 7) is 9.16. The normalized spacial score (nSPS) is 10.4. The van der Waals surface area contributed by atoms with Gasteiger partial charge in [-0.15, -0.1) is 0 Å².